The molecule has 3 aromatic rings. The van der Waals surface area contributed by atoms with Gasteiger partial charge in [-0.3, -0.25) is 14.3 Å². The van der Waals surface area contributed by atoms with Crippen molar-refractivity contribution in [1.82, 2.24) is 9.36 Å². The highest BCUT2D eigenvalue weighted by atomic mass is 32.2. The van der Waals surface area contributed by atoms with Gasteiger partial charge in [0.15, 0.2) is 0 Å². The van der Waals surface area contributed by atoms with Gasteiger partial charge in [0, 0.05) is 11.9 Å². The van der Waals surface area contributed by atoms with E-state index in [1.165, 1.54) is 16.4 Å². The van der Waals surface area contributed by atoms with Crippen LogP contribution >= 0.6 is 11.8 Å². The molecule has 6 nitrogen and oxygen atoms in total. The van der Waals surface area contributed by atoms with E-state index in [4.69, 9.17) is 5.26 Å². The second-order valence-electron chi connectivity index (χ2n) is 5.83. The average molecular weight is 378 g/mol. The van der Waals surface area contributed by atoms with Crippen LogP contribution < -0.4 is 10.9 Å². The smallest absolute Gasteiger partial charge is 0.295 e. The number of benzene rings is 2. The number of nitriles is 1. The van der Waals surface area contributed by atoms with E-state index in [9.17, 15) is 9.59 Å². The summed E-state index contributed by atoms with van der Waals surface area (Å²) in [6.07, 6.45) is 0. The number of nitrogens with zero attached hydrogens (tertiary/aromatic N) is 3. The second-order valence-corrected chi connectivity index (χ2v) is 6.85. The molecule has 1 amide bonds. The first kappa shape index (κ1) is 18.5. The van der Waals surface area contributed by atoms with E-state index in [1.807, 2.05) is 36.4 Å². The second kappa shape index (κ2) is 7.98. The number of anilines is 1. The predicted octanol–water partition coefficient (Wildman–Crippen LogP) is 3.35. The van der Waals surface area contributed by atoms with Crippen LogP contribution in [0.1, 0.15) is 16.1 Å². The van der Waals surface area contributed by atoms with E-state index in [0.29, 0.717) is 16.2 Å². The third kappa shape index (κ3) is 3.66. The van der Waals surface area contributed by atoms with Gasteiger partial charge in [-0.05, 0) is 31.2 Å². The summed E-state index contributed by atoms with van der Waals surface area (Å²) in [5.41, 5.74) is 1.76. The first-order valence-corrected chi connectivity index (χ1v) is 9.27. The Labute approximate surface area is 161 Å². The molecule has 1 aromatic heterocycles. The van der Waals surface area contributed by atoms with E-state index < -0.39 is 0 Å². The third-order valence-corrected chi connectivity index (χ3v) is 5.16. The Bertz CT molecular complexity index is 1080. The molecule has 0 saturated heterocycles. The van der Waals surface area contributed by atoms with Gasteiger partial charge in [0.25, 0.3) is 11.5 Å². The Hall–Kier alpha value is -3.24. The maximum Gasteiger partial charge on any atom is 0.295 e. The molecular formula is C20H18N4O2S. The average Bonchev–Trinajstić information content (AvgIpc) is 2.90. The van der Waals surface area contributed by atoms with Gasteiger partial charge in [-0.15, -0.1) is 11.8 Å². The van der Waals surface area contributed by atoms with Crippen LogP contribution in [-0.4, -0.2) is 21.0 Å². The number of hydrogen-bond acceptors (Lipinski definition) is 4. The van der Waals surface area contributed by atoms with Crippen molar-refractivity contribution in [2.24, 2.45) is 7.05 Å². The molecule has 2 aromatic carbocycles. The topological polar surface area (TPSA) is 79.8 Å². The van der Waals surface area contributed by atoms with Crippen LogP contribution in [0.3, 0.4) is 0 Å². The molecule has 0 unspecified atom stereocenters. The van der Waals surface area contributed by atoms with Crippen LogP contribution in [0, 0.1) is 18.3 Å². The monoisotopic (exact) mass is 378 g/mol. The lowest BCUT2D eigenvalue weighted by Gasteiger charge is -2.08. The highest BCUT2D eigenvalue weighted by Crippen LogP contribution is 2.23. The van der Waals surface area contributed by atoms with Crippen molar-refractivity contribution in [2.45, 2.75) is 11.8 Å². The van der Waals surface area contributed by atoms with Crippen molar-refractivity contribution in [3.05, 3.63) is 76.2 Å². The first-order valence-electron chi connectivity index (χ1n) is 8.28. The van der Waals surface area contributed by atoms with Crippen molar-refractivity contribution in [3.8, 4) is 11.8 Å². The quantitative estimate of drug-likeness (QED) is 0.691. The van der Waals surface area contributed by atoms with Gasteiger partial charge in [0.2, 0.25) is 0 Å². The summed E-state index contributed by atoms with van der Waals surface area (Å²) in [4.78, 5) is 26.4. The Balaban J connectivity index is 1.97. The molecule has 0 fully saturated rings. The number of carbonyl (C=O) groups excluding carboxylic acids is 1. The number of para-hydroxylation sites is 1. The first-order chi connectivity index (χ1) is 13.0. The molecule has 0 aliphatic rings. The van der Waals surface area contributed by atoms with Crippen molar-refractivity contribution in [1.29, 1.82) is 5.26 Å². The molecule has 27 heavy (non-hydrogen) atoms. The van der Waals surface area contributed by atoms with Crippen LogP contribution in [0.25, 0.3) is 5.69 Å². The molecule has 0 aliphatic carbocycles. The highest BCUT2D eigenvalue weighted by molar-refractivity contribution is 7.99. The Kier molecular flexibility index (Phi) is 5.48. The Morgan fingerprint density at radius 1 is 1.15 bits per heavy atom. The molecule has 0 bridgehead atoms. The number of hydrogen-bond donors (Lipinski definition) is 1. The summed E-state index contributed by atoms with van der Waals surface area (Å²) in [5.74, 6) is -0.128. The number of nitrogens with one attached hydrogen (secondary N) is 1. The van der Waals surface area contributed by atoms with Crippen LogP contribution in [0.5, 0.6) is 0 Å². The minimum Gasteiger partial charge on any atom is -0.316 e. The predicted molar refractivity (Wildman–Crippen MR) is 106 cm³/mol. The van der Waals surface area contributed by atoms with Gasteiger partial charge in [-0.1, -0.05) is 30.3 Å². The molecule has 136 valence electrons. The maximum absolute atomic E-state index is 12.9. The number of rotatable bonds is 5. The van der Waals surface area contributed by atoms with Gasteiger partial charge in [-0.25, -0.2) is 4.68 Å². The fourth-order valence-corrected chi connectivity index (χ4v) is 3.49. The fraction of sp³-hybridized carbons (Fsp3) is 0.150. The summed E-state index contributed by atoms with van der Waals surface area (Å²) in [7, 11) is 1.77. The number of carbonyl (C=O) groups is 1. The molecule has 0 atom stereocenters. The molecule has 0 saturated carbocycles. The normalized spacial score (nSPS) is 10.4. The zero-order valence-corrected chi connectivity index (χ0v) is 15.8. The van der Waals surface area contributed by atoms with E-state index in [-0.39, 0.29) is 22.9 Å². The van der Waals surface area contributed by atoms with Gasteiger partial charge < -0.3 is 5.32 Å². The fourth-order valence-electron chi connectivity index (χ4n) is 2.78. The molecule has 0 spiro atoms. The molecular weight excluding hydrogens is 360 g/mol. The molecule has 7 heteroatoms. The van der Waals surface area contributed by atoms with Crippen LogP contribution in [0.15, 0.2) is 64.3 Å². The Morgan fingerprint density at radius 2 is 1.81 bits per heavy atom. The van der Waals surface area contributed by atoms with Crippen LogP contribution in [0.4, 0.5) is 5.69 Å². The summed E-state index contributed by atoms with van der Waals surface area (Å²) in [5, 5.41) is 11.5. The highest BCUT2D eigenvalue weighted by Gasteiger charge is 2.20. The minimum atomic E-state index is -0.373. The zero-order valence-electron chi connectivity index (χ0n) is 15.0. The molecule has 3 rings (SSSR count). The summed E-state index contributed by atoms with van der Waals surface area (Å²) in [6.45, 7) is 1.78. The molecule has 0 aliphatic heterocycles. The summed E-state index contributed by atoms with van der Waals surface area (Å²) in [6, 6.07) is 18.3. The standard InChI is InChI=1S/C20H18N4O2S/c1-14-18(20(26)24(23(14)2)15-8-4-3-5-9-15)22-19(25)16-10-6-7-11-17(16)27-13-12-21/h3-11H,13H2,1-2H3,(H,22,25). The maximum atomic E-state index is 12.9. The SMILES string of the molecule is Cc1c(NC(=O)c2ccccc2SCC#N)c(=O)n(-c2ccccc2)n1C. The van der Waals surface area contributed by atoms with E-state index in [1.54, 1.807) is 36.9 Å². The van der Waals surface area contributed by atoms with Crippen molar-refractivity contribution >= 4 is 23.4 Å². The van der Waals surface area contributed by atoms with Crippen LogP contribution in [-0.2, 0) is 7.05 Å². The zero-order chi connectivity index (χ0) is 19.4. The van der Waals surface area contributed by atoms with E-state index in [0.717, 1.165) is 5.69 Å². The minimum absolute atomic E-state index is 0.242. The van der Waals surface area contributed by atoms with Gasteiger partial charge in [0.05, 0.1) is 28.8 Å². The lowest BCUT2D eigenvalue weighted by Crippen LogP contribution is -2.23. The number of thioether (sulfide) groups is 1. The van der Waals surface area contributed by atoms with Crippen molar-refractivity contribution in [2.75, 3.05) is 11.1 Å². The number of amides is 1. The van der Waals surface area contributed by atoms with E-state index >= 15 is 0 Å². The summed E-state index contributed by atoms with van der Waals surface area (Å²) >= 11 is 1.29. The number of aromatic nitrogens is 2. The van der Waals surface area contributed by atoms with Crippen LogP contribution in [0.2, 0.25) is 0 Å². The molecule has 1 N–H and O–H groups in total. The van der Waals surface area contributed by atoms with Crippen molar-refractivity contribution < 1.29 is 4.79 Å². The van der Waals surface area contributed by atoms with Crippen molar-refractivity contribution in [3.63, 3.8) is 0 Å². The van der Waals surface area contributed by atoms with Gasteiger partial charge in [-0.2, -0.15) is 5.26 Å². The molecule has 1 heterocycles. The largest absolute Gasteiger partial charge is 0.316 e. The summed E-state index contributed by atoms with van der Waals surface area (Å²) < 4.78 is 3.23. The molecule has 0 radical (unpaired) electrons. The third-order valence-electron chi connectivity index (χ3n) is 4.22. The van der Waals surface area contributed by atoms with Gasteiger partial charge >= 0.3 is 0 Å². The lowest BCUT2D eigenvalue weighted by molar-refractivity contribution is 0.102. The Morgan fingerprint density at radius 3 is 2.52 bits per heavy atom. The lowest BCUT2D eigenvalue weighted by atomic mass is 10.2. The van der Waals surface area contributed by atoms with Gasteiger partial charge in [0.1, 0.15) is 5.69 Å². The van der Waals surface area contributed by atoms with E-state index in [2.05, 4.69) is 11.4 Å².